The van der Waals surface area contributed by atoms with E-state index >= 15 is 0 Å². The maximum absolute atomic E-state index is 12.9. The third-order valence-electron chi connectivity index (χ3n) is 4.93. The fraction of sp³-hybridized carbons (Fsp3) is 0.667. The third-order valence-corrected chi connectivity index (χ3v) is 7.18. The second kappa shape index (κ2) is 6.94. The molecule has 1 fully saturated rings. The summed E-state index contributed by atoms with van der Waals surface area (Å²) >= 11 is 0. The van der Waals surface area contributed by atoms with Gasteiger partial charge in [0.25, 0.3) is 0 Å². The van der Waals surface area contributed by atoms with Crippen molar-refractivity contribution < 1.29 is 4.57 Å². The molecule has 0 saturated heterocycles. The minimum atomic E-state index is -1.53. The van der Waals surface area contributed by atoms with E-state index in [9.17, 15) is 4.57 Å². The molecule has 1 aromatic rings. The SMILES string of the molecule is Cc1ccc(C[PH](=O)C2CC(C)CCC2C(C)C)cc1. The third kappa shape index (κ3) is 3.98. The summed E-state index contributed by atoms with van der Waals surface area (Å²) < 4.78 is 12.9. The Morgan fingerprint density at radius 2 is 1.85 bits per heavy atom. The van der Waals surface area contributed by atoms with E-state index < -0.39 is 7.80 Å². The molecule has 0 bridgehead atoms. The predicted octanol–water partition coefficient (Wildman–Crippen LogP) is 5.52. The van der Waals surface area contributed by atoms with Crippen molar-refractivity contribution in [1.82, 2.24) is 0 Å². The average Bonchev–Trinajstić information content (AvgIpc) is 2.41. The molecule has 0 amide bonds. The maximum atomic E-state index is 12.9. The van der Waals surface area contributed by atoms with Crippen molar-refractivity contribution in [3.63, 3.8) is 0 Å². The van der Waals surface area contributed by atoms with Crippen molar-refractivity contribution in [3.05, 3.63) is 35.4 Å². The zero-order valence-electron chi connectivity index (χ0n) is 13.4. The Balaban J connectivity index is 2.07. The largest absolute Gasteiger partial charge is 0.326 e. The maximum Gasteiger partial charge on any atom is 0.0836 e. The van der Waals surface area contributed by atoms with Gasteiger partial charge in [0.05, 0.1) is 7.80 Å². The summed E-state index contributed by atoms with van der Waals surface area (Å²) in [5, 5.41) is 0. The molecular weight excluding hydrogens is 263 g/mol. The van der Waals surface area contributed by atoms with Gasteiger partial charge in [0.15, 0.2) is 0 Å². The van der Waals surface area contributed by atoms with Crippen LogP contribution in [0.4, 0.5) is 0 Å². The van der Waals surface area contributed by atoms with Crippen LogP contribution in [0.5, 0.6) is 0 Å². The first-order valence-corrected chi connectivity index (χ1v) is 9.75. The number of aryl methyl sites for hydroxylation is 1. The zero-order chi connectivity index (χ0) is 14.7. The van der Waals surface area contributed by atoms with E-state index in [4.69, 9.17) is 0 Å². The average molecular weight is 292 g/mol. The highest BCUT2D eigenvalue weighted by atomic mass is 31.1. The molecule has 2 rings (SSSR count). The van der Waals surface area contributed by atoms with E-state index in [1.54, 1.807) is 0 Å². The van der Waals surface area contributed by atoms with Gasteiger partial charge in [-0.1, -0.05) is 57.0 Å². The molecule has 0 heterocycles. The second-order valence-electron chi connectivity index (χ2n) is 7.06. The van der Waals surface area contributed by atoms with E-state index in [1.807, 2.05) is 0 Å². The first kappa shape index (κ1) is 15.8. The molecule has 20 heavy (non-hydrogen) atoms. The van der Waals surface area contributed by atoms with E-state index in [1.165, 1.54) is 30.4 Å². The van der Waals surface area contributed by atoms with Crippen molar-refractivity contribution in [2.75, 3.05) is 0 Å². The monoisotopic (exact) mass is 292 g/mol. The van der Waals surface area contributed by atoms with Gasteiger partial charge in [-0.05, 0) is 43.1 Å². The minimum absolute atomic E-state index is 0.463. The molecule has 1 aromatic carbocycles. The van der Waals surface area contributed by atoms with Gasteiger partial charge in [-0.25, -0.2) is 0 Å². The lowest BCUT2D eigenvalue weighted by Crippen LogP contribution is -2.29. The van der Waals surface area contributed by atoms with Crippen LogP contribution < -0.4 is 0 Å². The number of benzene rings is 1. The summed E-state index contributed by atoms with van der Waals surface area (Å²) in [5.41, 5.74) is 2.99. The Morgan fingerprint density at radius 1 is 1.20 bits per heavy atom. The van der Waals surface area contributed by atoms with Crippen LogP contribution in [0, 0.1) is 24.7 Å². The summed E-state index contributed by atoms with van der Waals surface area (Å²) in [6, 6.07) is 8.56. The fourth-order valence-electron chi connectivity index (χ4n) is 3.61. The topological polar surface area (TPSA) is 17.1 Å². The standard InChI is InChI=1S/C18H29OP/c1-13(2)17-10-7-15(4)11-18(17)20(19)12-16-8-5-14(3)6-9-16/h5-6,8-9,13,15,17-18,20H,7,10-12H2,1-4H3. The van der Waals surface area contributed by atoms with Crippen LogP contribution in [0.3, 0.4) is 0 Å². The molecule has 4 unspecified atom stereocenters. The summed E-state index contributed by atoms with van der Waals surface area (Å²) in [5.74, 6) is 2.09. The molecule has 1 aliphatic rings. The molecule has 1 aliphatic carbocycles. The van der Waals surface area contributed by atoms with Crippen molar-refractivity contribution in [3.8, 4) is 0 Å². The number of rotatable bonds is 4. The molecule has 0 spiro atoms. The van der Waals surface area contributed by atoms with E-state index in [0.717, 1.165) is 12.1 Å². The van der Waals surface area contributed by atoms with Crippen LogP contribution in [0.25, 0.3) is 0 Å². The molecule has 4 atom stereocenters. The Hall–Kier alpha value is -0.550. The fourth-order valence-corrected chi connectivity index (χ4v) is 6.21. The van der Waals surface area contributed by atoms with Crippen LogP contribution in [-0.4, -0.2) is 5.66 Å². The van der Waals surface area contributed by atoms with Gasteiger partial charge in [-0.2, -0.15) is 0 Å². The van der Waals surface area contributed by atoms with Crippen LogP contribution >= 0.6 is 7.80 Å². The summed E-state index contributed by atoms with van der Waals surface area (Å²) in [4.78, 5) is 0. The van der Waals surface area contributed by atoms with E-state index in [0.29, 0.717) is 17.5 Å². The normalized spacial score (nSPS) is 28.6. The van der Waals surface area contributed by atoms with Gasteiger partial charge in [0.2, 0.25) is 0 Å². The van der Waals surface area contributed by atoms with Gasteiger partial charge >= 0.3 is 0 Å². The van der Waals surface area contributed by atoms with E-state index in [-0.39, 0.29) is 0 Å². The highest BCUT2D eigenvalue weighted by Crippen LogP contribution is 2.48. The molecule has 1 nitrogen and oxygen atoms in total. The molecule has 2 heteroatoms. The quantitative estimate of drug-likeness (QED) is 0.668. The highest BCUT2D eigenvalue weighted by Gasteiger charge is 2.34. The first-order chi connectivity index (χ1) is 9.47. The van der Waals surface area contributed by atoms with Gasteiger partial charge in [-0.3, -0.25) is 0 Å². The Labute approximate surface area is 125 Å². The molecule has 112 valence electrons. The van der Waals surface area contributed by atoms with Gasteiger partial charge in [-0.15, -0.1) is 0 Å². The first-order valence-electron chi connectivity index (χ1n) is 8.05. The summed E-state index contributed by atoms with van der Waals surface area (Å²) in [6.45, 7) is 9.03. The van der Waals surface area contributed by atoms with Crippen LogP contribution in [0.15, 0.2) is 24.3 Å². The molecule has 0 N–H and O–H groups in total. The van der Waals surface area contributed by atoms with Gasteiger partial charge < -0.3 is 4.57 Å². The van der Waals surface area contributed by atoms with Crippen molar-refractivity contribution in [2.24, 2.45) is 17.8 Å². The van der Waals surface area contributed by atoms with Crippen LogP contribution in [0.1, 0.15) is 51.2 Å². The van der Waals surface area contributed by atoms with Crippen molar-refractivity contribution in [2.45, 2.75) is 58.8 Å². The Kier molecular flexibility index (Phi) is 5.49. The van der Waals surface area contributed by atoms with Crippen molar-refractivity contribution >= 4 is 7.80 Å². The zero-order valence-corrected chi connectivity index (χ0v) is 14.4. The van der Waals surface area contributed by atoms with Crippen LogP contribution in [0.2, 0.25) is 0 Å². The molecular formula is C18H29OP. The predicted molar refractivity (Wildman–Crippen MR) is 89.0 cm³/mol. The lowest BCUT2D eigenvalue weighted by molar-refractivity contribution is 0.238. The van der Waals surface area contributed by atoms with Crippen LogP contribution in [-0.2, 0) is 10.7 Å². The van der Waals surface area contributed by atoms with Gasteiger partial charge in [0, 0.05) is 11.8 Å². The smallest absolute Gasteiger partial charge is 0.0836 e. The molecule has 0 aliphatic heterocycles. The van der Waals surface area contributed by atoms with Crippen molar-refractivity contribution in [1.29, 1.82) is 0 Å². The summed E-state index contributed by atoms with van der Waals surface area (Å²) in [6.07, 6.45) is 4.56. The Bertz CT molecular complexity index is 449. The second-order valence-corrected chi connectivity index (χ2v) is 9.09. The minimum Gasteiger partial charge on any atom is -0.326 e. The lowest BCUT2D eigenvalue weighted by atomic mass is 9.77. The van der Waals surface area contributed by atoms with Gasteiger partial charge in [0.1, 0.15) is 0 Å². The number of hydrogen-bond donors (Lipinski definition) is 0. The molecule has 1 saturated carbocycles. The lowest BCUT2D eigenvalue weighted by Gasteiger charge is -2.37. The number of hydrogen-bond acceptors (Lipinski definition) is 1. The Morgan fingerprint density at radius 3 is 2.45 bits per heavy atom. The summed E-state index contributed by atoms with van der Waals surface area (Å²) in [7, 11) is -1.53. The molecule has 0 radical (unpaired) electrons. The highest BCUT2D eigenvalue weighted by molar-refractivity contribution is 7.44. The molecule has 0 aromatic heterocycles. The van der Waals surface area contributed by atoms with E-state index in [2.05, 4.69) is 52.0 Å².